The van der Waals surface area contributed by atoms with Crippen LogP contribution in [0.5, 0.6) is 0 Å². The van der Waals surface area contributed by atoms with E-state index in [0.29, 0.717) is 19.7 Å². The first-order chi connectivity index (χ1) is 11.7. The van der Waals surface area contributed by atoms with Gasteiger partial charge in [0.1, 0.15) is 0 Å². The number of carbonyl (C=O) groups excluding carboxylic acids is 2. The Hall–Kier alpha value is -1.88. The number of likely N-dealkylation sites (tertiary alicyclic amines) is 1. The number of benzene rings is 1. The first kappa shape index (κ1) is 17.0. The summed E-state index contributed by atoms with van der Waals surface area (Å²) in [4.78, 5) is 27.1. The van der Waals surface area contributed by atoms with Crippen molar-refractivity contribution in [2.75, 3.05) is 26.8 Å². The van der Waals surface area contributed by atoms with Gasteiger partial charge in [0.25, 0.3) is 0 Å². The molecule has 0 bridgehead atoms. The molecule has 1 aromatic rings. The monoisotopic (exact) mass is 330 g/mol. The molecule has 24 heavy (non-hydrogen) atoms. The molecule has 0 unspecified atom stereocenters. The van der Waals surface area contributed by atoms with E-state index in [0.717, 1.165) is 25.7 Å². The lowest BCUT2D eigenvalue weighted by Crippen LogP contribution is -2.47. The van der Waals surface area contributed by atoms with E-state index in [1.54, 1.807) is 7.11 Å². The largest absolute Gasteiger partial charge is 0.383 e. The van der Waals surface area contributed by atoms with Crippen LogP contribution in [0.25, 0.3) is 0 Å². The minimum atomic E-state index is -0.121. The van der Waals surface area contributed by atoms with Gasteiger partial charge in [0.05, 0.1) is 18.6 Å². The molecule has 2 atom stereocenters. The maximum absolute atomic E-state index is 12.7. The highest BCUT2D eigenvalue weighted by Crippen LogP contribution is 2.39. The molecule has 2 aliphatic rings. The highest BCUT2D eigenvalue weighted by atomic mass is 16.5. The van der Waals surface area contributed by atoms with Crippen molar-refractivity contribution >= 4 is 11.8 Å². The highest BCUT2D eigenvalue weighted by Gasteiger charge is 2.41. The second-order valence-corrected chi connectivity index (χ2v) is 6.75. The summed E-state index contributed by atoms with van der Waals surface area (Å²) in [5, 5.41) is 2.91. The number of rotatable bonds is 6. The van der Waals surface area contributed by atoms with Crippen molar-refractivity contribution < 1.29 is 14.3 Å². The van der Waals surface area contributed by atoms with Gasteiger partial charge < -0.3 is 15.0 Å². The van der Waals surface area contributed by atoms with Crippen molar-refractivity contribution in [2.24, 2.45) is 11.8 Å². The van der Waals surface area contributed by atoms with Gasteiger partial charge in [-0.15, -0.1) is 0 Å². The number of piperidine rings is 1. The summed E-state index contributed by atoms with van der Waals surface area (Å²) in [6.07, 6.45) is 3.63. The SMILES string of the molecule is COCCNC(=O)[C@@H]1CC[C@@H](c2ccccc2)N(C(=O)C2CC2)C1. The van der Waals surface area contributed by atoms with Gasteiger partial charge in [-0.05, 0) is 31.2 Å². The molecule has 1 aliphatic carbocycles. The first-order valence-corrected chi connectivity index (χ1v) is 8.82. The van der Waals surface area contributed by atoms with Crippen LogP contribution in [-0.2, 0) is 14.3 Å². The fraction of sp³-hybridized carbons (Fsp3) is 0.579. The summed E-state index contributed by atoms with van der Waals surface area (Å²) in [6.45, 7) is 1.55. The normalized spacial score (nSPS) is 23.8. The second kappa shape index (κ2) is 7.79. The molecular weight excluding hydrogens is 304 g/mol. The molecule has 5 heteroatoms. The van der Waals surface area contributed by atoms with E-state index in [4.69, 9.17) is 4.74 Å². The molecule has 130 valence electrons. The fourth-order valence-electron chi connectivity index (χ4n) is 3.44. The molecule has 1 aromatic carbocycles. The van der Waals surface area contributed by atoms with Crippen LogP contribution in [0.4, 0.5) is 0 Å². The number of hydrogen-bond acceptors (Lipinski definition) is 3. The summed E-state index contributed by atoms with van der Waals surface area (Å²) in [5.74, 6) is 0.307. The van der Waals surface area contributed by atoms with Gasteiger partial charge in [-0.25, -0.2) is 0 Å². The molecule has 1 N–H and O–H groups in total. The predicted molar refractivity (Wildman–Crippen MR) is 91.2 cm³/mol. The molecule has 0 aromatic heterocycles. The van der Waals surface area contributed by atoms with Gasteiger partial charge in [-0.3, -0.25) is 9.59 Å². The Morgan fingerprint density at radius 1 is 1.12 bits per heavy atom. The van der Waals surface area contributed by atoms with Crippen molar-refractivity contribution in [2.45, 2.75) is 31.7 Å². The van der Waals surface area contributed by atoms with Crippen molar-refractivity contribution in [3.8, 4) is 0 Å². The van der Waals surface area contributed by atoms with E-state index in [9.17, 15) is 9.59 Å². The molecule has 1 heterocycles. The number of amides is 2. The van der Waals surface area contributed by atoms with E-state index in [1.807, 2.05) is 23.1 Å². The van der Waals surface area contributed by atoms with Gasteiger partial charge in [0, 0.05) is 26.1 Å². The maximum atomic E-state index is 12.7. The van der Waals surface area contributed by atoms with Crippen LogP contribution in [0.1, 0.15) is 37.3 Å². The van der Waals surface area contributed by atoms with E-state index >= 15 is 0 Å². The zero-order chi connectivity index (χ0) is 16.9. The molecule has 1 aliphatic heterocycles. The van der Waals surface area contributed by atoms with Crippen LogP contribution in [0.3, 0.4) is 0 Å². The highest BCUT2D eigenvalue weighted by molar-refractivity contribution is 5.84. The minimum Gasteiger partial charge on any atom is -0.383 e. The lowest BCUT2D eigenvalue weighted by Gasteiger charge is -2.39. The Bertz CT molecular complexity index is 571. The third kappa shape index (κ3) is 3.96. The number of ether oxygens (including phenoxy) is 1. The van der Waals surface area contributed by atoms with Gasteiger partial charge in [0.2, 0.25) is 11.8 Å². The van der Waals surface area contributed by atoms with Crippen LogP contribution in [-0.4, -0.2) is 43.5 Å². The zero-order valence-corrected chi connectivity index (χ0v) is 14.2. The lowest BCUT2D eigenvalue weighted by atomic mass is 9.88. The van der Waals surface area contributed by atoms with E-state index < -0.39 is 0 Å². The number of hydrogen-bond donors (Lipinski definition) is 1. The molecule has 3 rings (SSSR count). The number of carbonyl (C=O) groups is 2. The standard InChI is InChI=1S/C19H26N2O3/c1-24-12-11-20-18(22)16-9-10-17(14-5-3-2-4-6-14)21(13-16)19(23)15-7-8-15/h2-6,15-17H,7-13H2,1H3,(H,20,22)/t16-,17+/m1/s1. The Morgan fingerprint density at radius 3 is 2.50 bits per heavy atom. The quantitative estimate of drug-likeness (QED) is 0.813. The van der Waals surface area contributed by atoms with Crippen LogP contribution >= 0.6 is 0 Å². The van der Waals surface area contributed by atoms with Gasteiger partial charge >= 0.3 is 0 Å². The third-order valence-electron chi connectivity index (χ3n) is 4.95. The summed E-state index contributed by atoms with van der Waals surface area (Å²) in [7, 11) is 1.62. The molecular formula is C19H26N2O3. The molecule has 5 nitrogen and oxygen atoms in total. The topological polar surface area (TPSA) is 58.6 Å². The van der Waals surface area contributed by atoms with Gasteiger partial charge in [-0.2, -0.15) is 0 Å². The Kier molecular flexibility index (Phi) is 5.51. The van der Waals surface area contributed by atoms with Crippen molar-refractivity contribution in [3.05, 3.63) is 35.9 Å². The predicted octanol–water partition coefficient (Wildman–Crippen LogP) is 2.14. The average Bonchev–Trinajstić information content (AvgIpc) is 3.46. The molecule has 2 fully saturated rings. The van der Waals surface area contributed by atoms with Crippen molar-refractivity contribution in [1.29, 1.82) is 0 Å². The molecule has 2 amide bonds. The van der Waals surface area contributed by atoms with Crippen molar-refractivity contribution in [1.82, 2.24) is 10.2 Å². The Morgan fingerprint density at radius 2 is 1.83 bits per heavy atom. The first-order valence-electron chi connectivity index (χ1n) is 8.82. The van der Waals surface area contributed by atoms with Crippen LogP contribution < -0.4 is 5.32 Å². The average molecular weight is 330 g/mol. The summed E-state index contributed by atoms with van der Waals surface area (Å²) in [5.41, 5.74) is 1.17. The number of methoxy groups -OCH3 is 1. The summed E-state index contributed by atoms with van der Waals surface area (Å²) in [6, 6.07) is 10.3. The van der Waals surface area contributed by atoms with E-state index in [1.165, 1.54) is 5.56 Å². The smallest absolute Gasteiger partial charge is 0.226 e. The number of nitrogens with one attached hydrogen (secondary N) is 1. The molecule has 1 saturated heterocycles. The molecule has 0 radical (unpaired) electrons. The zero-order valence-electron chi connectivity index (χ0n) is 14.2. The van der Waals surface area contributed by atoms with Crippen molar-refractivity contribution in [3.63, 3.8) is 0 Å². The molecule has 1 saturated carbocycles. The van der Waals surface area contributed by atoms with Gasteiger partial charge in [-0.1, -0.05) is 30.3 Å². The maximum Gasteiger partial charge on any atom is 0.226 e. The minimum absolute atomic E-state index is 0.0344. The second-order valence-electron chi connectivity index (χ2n) is 6.75. The summed E-state index contributed by atoms with van der Waals surface area (Å²) >= 11 is 0. The van der Waals surface area contributed by atoms with Crippen LogP contribution in [0.2, 0.25) is 0 Å². The summed E-state index contributed by atoms with van der Waals surface area (Å²) < 4.78 is 4.97. The Balaban J connectivity index is 1.69. The lowest BCUT2D eigenvalue weighted by molar-refractivity contribution is -0.140. The van der Waals surface area contributed by atoms with E-state index in [2.05, 4.69) is 17.4 Å². The third-order valence-corrected chi connectivity index (χ3v) is 4.95. The van der Waals surface area contributed by atoms with Gasteiger partial charge in [0.15, 0.2) is 0 Å². The fourth-order valence-corrected chi connectivity index (χ4v) is 3.44. The van der Waals surface area contributed by atoms with Crippen LogP contribution in [0, 0.1) is 11.8 Å². The van der Waals surface area contributed by atoms with Crippen LogP contribution in [0.15, 0.2) is 30.3 Å². The Labute approximate surface area is 143 Å². The molecule has 0 spiro atoms. The van der Waals surface area contributed by atoms with E-state index in [-0.39, 0.29) is 29.7 Å². The number of nitrogens with zero attached hydrogens (tertiary/aromatic N) is 1.